The Morgan fingerprint density at radius 2 is 2.04 bits per heavy atom. The highest BCUT2D eigenvalue weighted by atomic mass is 16.6. The maximum Gasteiger partial charge on any atom is 0.407 e. The van der Waals surface area contributed by atoms with Gasteiger partial charge >= 0.3 is 6.09 Å². The molecule has 0 spiro atoms. The first kappa shape index (κ1) is 17.3. The summed E-state index contributed by atoms with van der Waals surface area (Å²) in [5.74, 6) is 0.968. The summed E-state index contributed by atoms with van der Waals surface area (Å²) in [6, 6.07) is 8.02. The fraction of sp³-hybridized carbons (Fsp3) is 0.529. The lowest BCUT2D eigenvalue weighted by Gasteiger charge is -2.22. The molecule has 1 amide bonds. The number of para-hydroxylation sites is 2. The van der Waals surface area contributed by atoms with E-state index in [1.165, 1.54) is 0 Å². The number of benzene rings is 1. The molecule has 23 heavy (non-hydrogen) atoms. The number of hydrogen-bond donors (Lipinski definition) is 2. The minimum Gasteiger partial charge on any atom is -0.444 e. The number of nitrogens with zero attached hydrogens (tertiary/aromatic N) is 2. The van der Waals surface area contributed by atoms with Crippen molar-refractivity contribution >= 4 is 17.1 Å². The van der Waals surface area contributed by atoms with Gasteiger partial charge in [0, 0.05) is 19.6 Å². The second-order valence-electron chi connectivity index (χ2n) is 6.75. The van der Waals surface area contributed by atoms with E-state index in [4.69, 9.17) is 4.74 Å². The van der Waals surface area contributed by atoms with Crippen LogP contribution in [0, 0.1) is 0 Å². The van der Waals surface area contributed by atoms with Crippen LogP contribution in [0.25, 0.3) is 11.0 Å². The van der Waals surface area contributed by atoms with E-state index in [-0.39, 0.29) is 6.04 Å². The number of carbonyl (C=O) groups excluding carboxylic acids is 1. The minimum atomic E-state index is -0.482. The number of aryl methyl sites for hydroxylation is 1. The molecule has 1 aromatic carbocycles. The highest BCUT2D eigenvalue weighted by Crippen LogP contribution is 2.13. The van der Waals surface area contributed by atoms with Gasteiger partial charge in [-0.3, -0.25) is 0 Å². The SMILES string of the molecule is CC(CNCc1nc2ccccc2n1C)NC(=O)OC(C)(C)C. The molecular weight excluding hydrogens is 292 g/mol. The van der Waals surface area contributed by atoms with E-state index in [0.717, 1.165) is 16.9 Å². The molecule has 0 aliphatic heterocycles. The van der Waals surface area contributed by atoms with Crippen LogP contribution in [0.5, 0.6) is 0 Å². The van der Waals surface area contributed by atoms with E-state index in [1.807, 2.05) is 52.9 Å². The van der Waals surface area contributed by atoms with Crippen LogP contribution in [0.2, 0.25) is 0 Å². The van der Waals surface area contributed by atoms with Crippen LogP contribution in [0.1, 0.15) is 33.5 Å². The third-order valence-corrected chi connectivity index (χ3v) is 3.38. The van der Waals surface area contributed by atoms with Crippen molar-refractivity contribution in [3.63, 3.8) is 0 Å². The zero-order valence-electron chi connectivity index (χ0n) is 14.5. The summed E-state index contributed by atoms with van der Waals surface area (Å²) in [6.45, 7) is 8.77. The van der Waals surface area contributed by atoms with Gasteiger partial charge in [-0.25, -0.2) is 9.78 Å². The van der Waals surface area contributed by atoms with Crippen molar-refractivity contribution in [2.24, 2.45) is 7.05 Å². The number of imidazole rings is 1. The Morgan fingerprint density at radius 3 is 2.70 bits per heavy atom. The van der Waals surface area contributed by atoms with Crippen LogP contribution in [-0.2, 0) is 18.3 Å². The van der Waals surface area contributed by atoms with Crippen LogP contribution in [0.15, 0.2) is 24.3 Å². The Hall–Kier alpha value is -2.08. The lowest BCUT2D eigenvalue weighted by atomic mass is 10.2. The second kappa shape index (κ2) is 7.00. The van der Waals surface area contributed by atoms with Crippen LogP contribution >= 0.6 is 0 Å². The number of carbonyl (C=O) groups is 1. The quantitative estimate of drug-likeness (QED) is 0.889. The maximum absolute atomic E-state index is 11.7. The van der Waals surface area contributed by atoms with E-state index in [2.05, 4.69) is 26.3 Å². The molecule has 0 aliphatic rings. The van der Waals surface area contributed by atoms with Crippen LogP contribution < -0.4 is 10.6 Å². The molecule has 0 saturated heterocycles. The van der Waals surface area contributed by atoms with Gasteiger partial charge in [0.1, 0.15) is 11.4 Å². The number of amides is 1. The van der Waals surface area contributed by atoms with Gasteiger partial charge in [0.05, 0.1) is 17.6 Å². The van der Waals surface area contributed by atoms with E-state index in [9.17, 15) is 4.79 Å². The molecule has 0 fully saturated rings. The number of alkyl carbamates (subject to hydrolysis) is 1. The fourth-order valence-electron chi connectivity index (χ4n) is 2.31. The first-order valence-corrected chi connectivity index (χ1v) is 7.87. The lowest BCUT2D eigenvalue weighted by Crippen LogP contribution is -2.42. The minimum absolute atomic E-state index is 0.0282. The van der Waals surface area contributed by atoms with Gasteiger partial charge < -0.3 is 19.9 Å². The van der Waals surface area contributed by atoms with E-state index < -0.39 is 11.7 Å². The molecule has 1 heterocycles. The van der Waals surface area contributed by atoms with Gasteiger partial charge in [-0.1, -0.05) is 12.1 Å². The molecule has 6 heteroatoms. The molecular formula is C17H26N4O2. The summed E-state index contributed by atoms with van der Waals surface area (Å²) in [6.07, 6.45) is -0.394. The topological polar surface area (TPSA) is 68.2 Å². The molecule has 1 aromatic heterocycles. The first-order chi connectivity index (χ1) is 10.8. The number of rotatable bonds is 5. The van der Waals surface area contributed by atoms with Gasteiger partial charge in [0.25, 0.3) is 0 Å². The Labute approximate surface area is 137 Å². The maximum atomic E-state index is 11.7. The summed E-state index contributed by atoms with van der Waals surface area (Å²) in [7, 11) is 2.01. The third kappa shape index (κ3) is 4.96. The standard InChI is InChI=1S/C17H26N4O2/c1-12(19-16(22)23-17(2,3)4)10-18-11-15-20-13-8-6-7-9-14(13)21(15)5/h6-9,12,18H,10-11H2,1-5H3,(H,19,22). The predicted octanol–water partition coefficient (Wildman–Crippen LogP) is 2.58. The molecule has 1 atom stereocenters. The van der Waals surface area contributed by atoms with Crippen molar-refractivity contribution in [3.05, 3.63) is 30.1 Å². The van der Waals surface area contributed by atoms with E-state index in [1.54, 1.807) is 0 Å². The fourth-order valence-corrected chi connectivity index (χ4v) is 2.31. The highest BCUT2D eigenvalue weighted by Gasteiger charge is 2.17. The van der Waals surface area contributed by atoms with Crippen molar-refractivity contribution in [2.75, 3.05) is 6.54 Å². The van der Waals surface area contributed by atoms with Crippen molar-refractivity contribution in [1.82, 2.24) is 20.2 Å². The summed E-state index contributed by atoms with van der Waals surface area (Å²) in [5, 5.41) is 6.13. The molecule has 2 aromatic rings. The Bertz CT molecular complexity index is 673. The van der Waals surface area contributed by atoms with Crippen molar-refractivity contribution in [3.8, 4) is 0 Å². The van der Waals surface area contributed by atoms with Crippen molar-refractivity contribution < 1.29 is 9.53 Å². The average Bonchev–Trinajstić information content (AvgIpc) is 2.74. The zero-order valence-corrected chi connectivity index (χ0v) is 14.5. The third-order valence-electron chi connectivity index (χ3n) is 3.38. The smallest absolute Gasteiger partial charge is 0.407 e. The van der Waals surface area contributed by atoms with Gasteiger partial charge in [-0.15, -0.1) is 0 Å². The van der Waals surface area contributed by atoms with Gasteiger partial charge in [0.15, 0.2) is 0 Å². The molecule has 1 unspecified atom stereocenters. The number of fused-ring (bicyclic) bond motifs is 1. The zero-order chi connectivity index (χ0) is 17.0. The largest absolute Gasteiger partial charge is 0.444 e. The molecule has 0 aliphatic carbocycles. The van der Waals surface area contributed by atoms with E-state index in [0.29, 0.717) is 13.1 Å². The number of aromatic nitrogens is 2. The van der Waals surface area contributed by atoms with Gasteiger partial charge in [-0.2, -0.15) is 0 Å². The average molecular weight is 318 g/mol. The van der Waals surface area contributed by atoms with Crippen LogP contribution in [0.4, 0.5) is 4.79 Å². The summed E-state index contributed by atoms with van der Waals surface area (Å²) in [4.78, 5) is 16.3. The Morgan fingerprint density at radius 1 is 1.35 bits per heavy atom. The Kier molecular flexibility index (Phi) is 5.26. The second-order valence-corrected chi connectivity index (χ2v) is 6.75. The molecule has 0 radical (unpaired) electrons. The van der Waals surface area contributed by atoms with Crippen molar-refractivity contribution in [1.29, 1.82) is 0 Å². The molecule has 6 nitrogen and oxygen atoms in total. The first-order valence-electron chi connectivity index (χ1n) is 7.87. The van der Waals surface area contributed by atoms with E-state index >= 15 is 0 Å². The molecule has 126 valence electrons. The summed E-state index contributed by atoms with van der Waals surface area (Å²) < 4.78 is 7.32. The monoisotopic (exact) mass is 318 g/mol. The van der Waals surface area contributed by atoms with Crippen LogP contribution in [-0.4, -0.2) is 33.8 Å². The Balaban J connectivity index is 1.82. The highest BCUT2D eigenvalue weighted by molar-refractivity contribution is 5.75. The summed E-state index contributed by atoms with van der Waals surface area (Å²) >= 11 is 0. The number of nitrogens with one attached hydrogen (secondary N) is 2. The normalized spacial score (nSPS) is 13.1. The molecule has 2 N–H and O–H groups in total. The summed E-state index contributed by atoms with van der Waals surface area (Å²) in [5.41, 5.74) is 1.63. The molecule has 2 rings (SSSR count). The number of hydrogen-bond acceptors (Lipinski definition) is 4. The van der Waals surface area contributed by atoms with Crippen LogP contribution in [0.3, 0.4) is 0 Å². The lowest BCUT2D eigenvalue weighted by molar-refractivity contribution is 0.0508. The van der Waals surface area contributed by atoms with Gasteiger partial charge in [-0.05, 0) is 39.8 Å². The number of ether oxygens (including phenoxy) is 1. The molecule has 0 bridgehead atoms. The molecule has 0 saturated carbocycles. The van der Waals surface area contributed by atoms with Crippen molar-refractivity contribution in [2.45, 2.75) is 45.9 Å². The van der Waals surface area contributed by atoms with Gasteiger partial charge in [0.2, 0.25) is 0 Å². The predicted molar refractivity (Wildman–Crippen MR) is 91.3 cm³/mol.